The molecule has 1 rings (SSSR count). The van der Waals surface area contributed by atoms with E-state index >= 15 is 0 Å². The molecule has 4 nitrogen and oxygen atoms in total. The van der Waals surface area contributed by atoms with Crippen LogP contribution in [0, 0.1) is 11.8 Å². The Morgan fingerprint density at radius 2 is 1.89 bits per heavy atom. The SMILES string of the molecule is CC(=O)NCCC#Cc1ccccc1NC(C)=O. The van der Waals surface area contributed by atoms with Crippen molar-refractivity contribution in [1.29, 1.82) is 0 Å². The fraction of sp³-hybridized carbons (Fsp3) is 0.286. The molecular weight excluding hydrogens is 228 g/mol. The van der Waals surface area contributed by atoms with Crippen LogP contribution in [0.15, 0.2) is 24.3 Å². The summed E-state index contributed by atoms with van der Waals surface area (Å²) in [4.78, 5) is 21.7. The summed E-state index contributed by atoms with van der Waals surface area (Å²) in [6, 6.07) is 7.35. The first kappa shape index (κ1) is 13.8. The van der Waals surface area contributed by atoms with E-state index in [1.54, 1.807) is 6.07 Å². The van der Waals surface area contributed by atoms with Gasteiger partial charge in [-0.25, -0.2) is 0 Å². The molecule has 0 bridgehead atoms. The van der Waals surface area contributed by atoms with Crippen LogP contribution in [0.2, 0.25) is 0 Å². The summed E-state index contributed by atoms with van der Waals surface area (Å²) in [6.45, 7) is 3.46. The molecule has 0 heterocycles. The molecule has 18 heavy (non-hydrogen) atoms. The van der Waals surface area contributed by atoms with Gasteiger partial charge in [0, 0.05) is 32.4 Å². The summed E-state index contributed by atoms with van der Waals surface area (Å²) in [5, 5.41) is 5.39. The highest BCUT2D eigenvalue weighted by Gasteiger charge is 1.99. The second-order valence-corrected chi connectivity index (χ2v) is 3.76. The number of amides is 2. The fourth-order valence-electron chi connectivity index (χ4n) is 1.35. The van der Waals surface area contributed by atoms with Gasteiger partial charge in [-0.05, 0) is 12.1 Å². The summed E-state index contributed by atoms with van der Waals surface area (Å²) < 4.78 is 0. The zero-order chi connectivity index (χ0) is 13.4. The van der Waals surface area contributed by atoms with Crippen LogP contribution in [0.1, 0.15) is 25.8 Å². The molecule has 0 aromatic heterocycles. The first-order valence-corrected chi connectivity index (χ1v) is 5.69. The summed E-state index contributed by atoms with van der Waals surface area (Å²) in [6.07, 6.45) is 0.577. The zero-order valence-corrected chi connectivity index (χ0v) is 10.5. The molecule has 94 valence electrons. The highest BCUT2D eigenvalue weighted by Crippen LogP contribution is 2.13. The lowest BCUT2D eigenvalue weighted by atomic mass is 10.1. The van der Waals surface area contributed by atoms with E-state index in [-0.39, 0.29) is 11.8 Å². The third-order valence-electron chi connectivity index (χ3n) is 2.08. The normalized spacial score (nSPS) is 9.00. The summed E-state index contributed by atoms with van der Waals surface area (Å²) in [5.41, 5.74) is 1.48. The molecule has 2 amide bonds. The van der Waals surface area contributed by atoms with Crippen LogP contribution in [-0.4, -0.2) is 18.4 Å². The van der Waals surface area contributed by atoms with Gasteiger partial charge < -0.3 is 10.6 Å². The molecule has 0 aliphatic heterocycles. The Morgan fingerprint density at radius 1 is 1.17 bits per heavy atom. The molecule has 0 aliphatic rings. The molecule has 2 N–H and O–H groups in total. The topological polar surface area (TPSA) is 58.2 Å². The van der Waals surface area contributed by atoms with E-state index in [4.69, 9.17) is 0 Å². The highest BCUT2D eigenvalue weighted by atomic mass is 16.2. The molecule has 0 saturated heterocycles. The third kappa shape index (κ3) is 5.17. The fourth-order valence-corrected chi connectivity index (χ4v) is 1.35. The van der Waals surface area contributed by atoms with Gasteiger partial charge in [0.15, 0.2) is 0 Å². The predicted octanol–water partition coefficient (Wildman–Crippen LogP) is 1.52. The lowest BCUT2D eigenvalue weighted by Gasteiger charge is -2.03. The van der Waals surface area contributed by atoms with Gasteiger partial charge >= 0.3 is 0 Å². The minimum Gasteiger partial charge on any atom is -0.355 e. The number of benzene rings is 1. The van der Waals surface area contributed by atoms with Crippen LogP contribution in [0.5, 0.6) is 0 Å². The molecule has 0 atom stereocenters. The Morgan fingerprint density at radius 3 is 2.56 bits per heavy atom. The van der Waals surface area contributed by atoms with Crippen LogP contribution in [-0.2, 0) is 9.59 Å². The average Bonchev–Trinajstić information content (AvgIpc) is 2.29. The van der Waals surface area contributed by atoms with Crippen molar-refractivity contribution in [2.75, 3.05) is 11.9 Å². The van der Waals surface area contributed by atoms with E-state index in [9.17, 15) is 9.59 Å². The second kappa shape index (κ2) is 7.13. The van der Waals surface area contributed by atoms with E-state index in [1.165, 1.54) is 13.8 Å². The van der Waals surface area contributed by atoms with Crippen molar-refractivity contribution in [3.63, 3.8) is 0 Å². The summed E-state index contributed by atoms with van der Waals surface area (Å²) in [5.74, 6) is 5.75. The van der Waals surface area contributed by atoms with Gasteiger partial charge in [-0.15, -0.1) is 0 Å². The number of nitrogens with one attached hydrogen (secondary N) is 2. The van der Waals surface area contributed by atoms with E-state index in [0.717, 1.165) is 5.56 Å². The van der Waals surface area contributed by atoms with Gasteiger partial charge in [0.1, 0.15) is 0 Å². The maximum Gasteiger partial charge on any atom is 0.221 e. The van der Waals surface area contributed by atoms with Crippen LogP contribution in [0.3, 0.4) is 0 Å². The van der Waals surface area contributed by atoms with Gasteiger partial charge in [0.05, 0.1) is 5.69 Å². The third-order valence-corrected chi connectivity index (χ3v) is 2.08. The minimum absolute atomic E-state index is 0.0598. The Labute approximate surface area is 107 Å². The van der Waals surface area contributed by atoms with Crippen molar-refractivity contribution in [2.24, 2.45) is 0 Å². The Hall–Kier alpha value is -2.28. The van der Waals surface area contributed by atoms with E-state index < -0.39 is 0 Å². The van der Waals surface area contributed by atoms with Gasteiger partial charge in [0.25, 0.3) is 0 Å². The lowest BCUT2D eigenvalue weighted by Crippen LogP contribution is -2.20. The summed E-state index contributed by atoms with van der Waals surface area (Å²) >= 11 is 0. The standard InChI is InChI=1S/C14H16N2O2/c1-11(17)15-10-6-5-8-13-7-3-4-9-14(13)16-12(2)18/h3-4,7,9H,6,10H2,1-2H3,(H,15,17)(H,16,18). The van der Waals surface area contributed by atoms with E-state index in [2.05, 4.69) is 22.5 Å². The molecular formula is C14H16N2O2. The predicted molar refractivity (Wildman–Crippen MR) is 70.9 cm³/mol. The quantitative estimate of drug-likeness (QED) is 0.625. The van der Waals surface area contributed by atoms with Gasteiger partial charge in [-0.2, -0.15) is 0 Å². The Bertz CT molecular complexity index is 498. The molecule has 0 aliphatic carbocycles. The molecule has 4 heteroatoms. The molecule has 0 unspecified atom stereocenters. The smallest absolute Gasteiger partial charge is 0.221 e. The van der Waals surface area contributed by atoms with Gasteiger partial charge in [-0.3, -0.25) is 9.59 Å². The van der Waals surface area contributed by atoms with Crippen molar-refractivity contribution in [1.82, 2.24) is 5.32 Å². The first-order chi connectivity index (χ1) is 8.59. The summed E-state index contributed by atoms with van der Waals surface area (Å²) in [7, 11) is 0. The van der Waals surface area contributed by atoms with Crippen LogP contribution >= 0.6 is 0 Å². The number of hydrogen-bond acceptors (Lipinski definition) is 2. The lowest BCUT2D eigenvalue weighted by molar-refractivity contribution is -0.119. The van der Waals surface area contributed by atoms with Crippen LogP contribution < -0.4 is 10.6 Å². The molecule has 0 fully saturated rings. The number of carbonyl (C=O) groups is 2. The average molecular weight is 244 g/mol. The van der Waals surface area contributed by atoms with Crippen molar-refractivity contribution >= 4 is 17.5 Å². The number of para-hydroxylation sites is 1. The molecule has 1 aromatic carbocycles. The highest BCUT2D eigenvalue weighted by molar-refractivity contribution is 5.90. The molecule has 0 radical (unpaired) electrons. The van der Waals surface area contributed by atoms with Crippen molar-refractivity contribution in [2.45, 2.75) is 20.3 Å². The Balaban J connectivity index is 2.63. The Kier molecular flexibility index (Phi) is 5.46. The maximum absolute atomic E-state index is 11.0. The monoisotopic (exact) mass is 244 g/mol. The van der Waals surface area contributed by atoms with Crippen molar-refractivity contribution in [3.05, 3.63) is 29.8 Å². The van der Waals surface area contributed by atoms with Crippen LogP contribution in [0.4, 0.5) is 5.69 Å². The van der Waals surface area contributed by atoms with E-state index in [1.807, 2.05) is 18.2 Å². The maximum atomic E-state index is 11.0. The number of hydrogen-bond donors (Lipinski definition) is 2. The number of rotatable bonds is 3. The molecule has 1 aromatic rings. The second-order valence-electron chi connectivity index (χ2n) is 3.76. The largest absolute Gasteiger partial charge is 0.355 e. The number of carbonyl (C=O) groups excluding carboxylic acids is 2. The minimum atomic E-state index is -0.123. The zero-order valence-electron chi connectivity index (χ0n) is 10.5. The first-order valence-electron chi connectivity index (χ1n) is 5.69. The van der Waals surface area contributed by atoms with Crippen molar-refractivity contribution < 1.29 is 9.59 Å². The molecule has 0 saturated carbocycles. The number of anilines is 1. The van der Waals surface area contributed by atoms with Gasteiger partial charge in [0.2, 0.25) is 11.8 Å². The van der Waals surface area contributed by atoms with Crippen LogP contribution in [0.25, 0.3) is 0 Å². The molecule has 0 spiro atoms. The van der Waals surface area contributed by atoms with E-state index in [0.29, 0.717) is 18.7 Å². The van der Waals surface area contributed by atoms with Crippen molar-refractivity contribution in [3.8, 4) is 11.8 Å². The van der Waals surface area contributed by atoms with Gasteiger partial charge in [-0.1, -0.05) is 24.0 Å².